The molecule has 0 aliphatic rings. The monoisotopic (exact) mass is 280 g/mol. The van der Waals surface area contributed by atoms with Crippen molar-refractivity contribution in [2.24, 2.45) is 0 Å². The number of likely N-dealkylation sites (N-methyl/N-ethyl adjacent to an activating group) is 1. The fourth-order valence-corrected chi connectivity index (χ4v) is 1.96. The predicted octanol–water partition coefficient (Wildman–Crippen LogP) is 2.45. The smallest absolute Gasteiger partial charge is 0.335 e. The maximum atomic E-state index is 11.1. The van der Waals surface area contributed by atoms with Crippen LogP contribution in [0.5, 0.6) is 5.88 Å². The van der Waals surface area contributed by atoms with E-state index >= 15 is 0 Å². The molecule has 1 aromatic heterocycles. The quantitative estimate of drug-likeness (QED) is 0.753. The van der Waals surface area contributed by atoms with E-state index in [-0.39, 0.29) is 5.56 Å². The molecule has 0 fully saturated rings. The highest BCUT2D eigenvalue weighted by atomic mass is 16.5. The molecule has 0 unspecified atom stereocenters. The Kier molecular flexibility index (Phi) is 7.01. The van der Waals surface area contributed by atoms with Crippen molar-refractivity contribution in [1.29, 1.82) is 0 Å². The van der Waals surface area contributed by atoms with E-state index in [1.807, 2.05) is 6.92 Å². The average Bonchev–Trinajstić information content (AvgIpc) is 2.44. The lowest BCUT2D eigenvalue weighted by Crippen LogP contribution is -2.28. The standard InChI is InChI=1S/C15H24N2O3/c1-4-7-13-10-12(15(18)19)11-14(16-13)20-9-8-17(5-2)6-3/h10-11H,4-9H2,1-3H3,(H,18,19). The summed E-state index contributed by atoms with van der Waals surface area (Å²) >= 11 is 0. The molecule has 0 atom stereocenters. The van der Waals surface area contributed by atoms with Crippen LogP contribution in [0.1, 0.15) is 43.2 Å². The summed E-state index contributed by atoms with van der Waals surface area (Å²) in [5, 5.41) is 9.10. The molecule has 1 N–H and O–H groups in total. The molecule has 5 nitrogen and oxygen atoms in total. The molecular weight excluding hydrogens is 256 g/mol. The van der Waals surface area contributed by atoms with Crippen LogP contribution in [0.25, 0.3) is 0 Å². The van der Waals surface area contributed by atoms with E-state index in [2.05, 4.69) is 23.7 Å². The van der Waals surface area contributed by atoms with Crippen LogP contribution in [0.2, 0.25) is 0 Å². The Morgan fingerprint density at radius 1 is 1.30 bits per heavy atom. The van der Waals surface area contributed by atoms with Crippen molar-refractivity contribution in [2.45, 2.75) is 33.6 Å². The second-order valence-corrected chi connectivity index (χ2v) is 4.62. The molecular formula is C15H24N2O3. The summed E-state index contributed by atoms with van der Waals surface area (Å²) in [6.45, 7) is 9.53. The summed E-state index contributed by atoms with van der Waals surface area (Å²) in [5.74, 6) is -0.543. The van der Waals surface area contributed by atoms with E-state index in [9.17, 15) is 4.79 Å². The minimum Gasteiger partial charge on any atom is -0.478 e. The molecule has 20 heavy (non-hydrogen) atoms. The fraction of sp³-hybridized carbons (Fsp3) is 0.600. The molecule has 0 saturated carbocycles. The maximum Gasteiger partial charge on any atom is 0.335 e. The number of hydrogen-bond donors (Lipinski definition) is 1. The lowest BCUT2D eigenvalue weighted by Gasteiger charge is -2.18. The lowest BCUT2D eigenvalue weighted by atomic mass is 10.1. The molecule has 0 bridgehead atoms. The van der Waals surface area contributed by atoms with E-state index < -0.39 is 5.97 Å². The molecule has 0 radical (unpaired) electrons. The van der Waals surface area contributed by atoms with Gasteiger partial charge in [-0.15, -0.1) is 0 Å². The number of carboxylic acid groups (broad SMARTS) is 1. The van der Waals surface area contributed by atoms with Crippen LogP contribution >= 0.6 is 0 Å². The second-order valence-electron chi connectivity index (χ2n) is 4.62. The van der Waals surface area contributed by atoms with Crippen molar-refractivity contribution in [3.05, 3.63) is 23.4 Å². The van der Waals surface area contributed by atoms with Crippen molar-refractivity contribution in [1.82, 2.24) is 9.88 Å². The lowest BCUT2D eigenvalue weighted by molar-refractivity contribution is 0.0696. The van der Waals surface area contributed by atoms with E-state index in [0.717, 1.165) is 38.2 Å². The van der Waals surface area contributed by atoms with Crippen molar-refractivity contribution in [2.75, 3.05) is 26.2 Å². The summed E-state index contributed by atoms with van der Waals surface area (Å²) in [6, 6.07) is 3.10. The highest BCUT2D eigenvalue weighted by Gasteiger charge is 2.09. The van der Waals surface area contributed by atoms with Gasteiger partial charge in [-0.25, -0.2) is 9.78 Å². The van der Waals surface area contributed by atoms with Crippen LogP contribution < -0.4 is 4.74 Å². The summed E-state index contributed by atoms with van der Waals surface area (Å²) in [6.07, 6.45) is 1.68. The Bertz CT molecular complexity index is 431. The topological polar surface area (TPSA) is 62.7 Å². The molecule has 0 aliphatic heterocycles. The van der Waals surface area contributed by atoms with Gasteiger partial charge in [0.2, 0.25) is 5.88 Å². The van der Waals surface area contributed by atoms with Crippen molar-refractivity contribution >= 4 is 5.97 Å². The molecule has 0 aliphatic carbocycles. The van der Waals surface area contributed by atoms with Gasteiger partial charge in [0.05, 0.1) is 5.56 Å². The first-order valence-corrected chi connectivity index (χ1v) is 7.20. The number of aryl methyl sites for hydroxylation is 1. The Hall–Kier alpha value is -1.62. The van der Waals surface area contributed by atoms with Crippen molar-refractivity contribution in [3.63, 3.8) is 0 Å². The second kappa shape index (κ2) is 8.53. The molecule has 0 aromatic carbocycles. The van der Waals surface area contributed by atoms with Gasteiger partial charge >= 0.3 is 5.97 Å². The van der Waals surface area contributed by atoms with Crippen LogP contribution in [-0.2, 0) is 6.42 Å². The molecule has 1 aromatic rings. The third kappa shape index (κ3) is 5.17. The predicted molar refractivity (Wildman–Crippen MR) is 78.5 cm³/mol. The Balaban J connectivity index is 2.70. The Morgan fingerprint density at radius 3 is 2.55 bits per heavy atom. The zero-order valence-electron chi connectivity index (χ0n) is 12.6. The van der Waals surface area contributed by atoms with E-state index in [0.29, 0.717) is 12.5 Å². The zero-order valence-corrected chi connectivity index (χ0v) is 12.6. The highest BCUT2D eigenvalue weighted by molar-refractivity contribution is 5.88. The minimum atomic E-state index is -0.946. The first-order valence-electron chi connectivity index (χ1n) is 7.20. The molecule has 5 heteroatoms. The van der Waals surface area contributed by atoms with Gasteiger partial charge in [0.25, 0.3) is 0 Å². The van der Waals surface area contributed by atoms with Gasteiger partial charge in [0, 0.05) is 18.3 Å². The Morgan fingerprint density at radius 2 is 2.00 bits per heavy atom. The number of aromatic nitrogens is 1. The van der Waals surface area contributed by atoms with Crippen molar-refractivity contribution < 1.29 is 14.6 Å². The van der Waals surface area contributed by atoms with Gasteiger partial charge in [0.1, 0.15) is 6.61 Å². The van der Waals surface area contributed by atoms with Crippen LogP contribution in [0, 0.1) is 0 Å². The summed E-state index contributed by atoms with van der Waals surface area (Å²) < 4.78 is 5.60. The number of nitrogens with zero attached hydrogens (tertiary/aromatic N) is 2. The maximum absolute atomic E-state index is 11.1. The Labute approximate surface area is 120 Å². The van der Waals surface area contributed by atoms with Gasteiger partial charge in [-0.05, 0) is 25.6 Å². The first-order chi connectivity index (χ1) is 9.60. The van der Waals surface area contributed by atoms with Crippen LogP contribution in [0.15, 0.2) is 12.1 Å². The van der Waals surface area contributed by atoms with Gasteiger partial charge < -0.3 is 14.7 Å². The third-order valence-electron chi connectivity index (χ3n) is 3.16. The molecule has 112 valence electrons. The molecule has 1 rings (SSSR count). The number of aromatic carboxylic acids is 1. The normalized spacial score (nSPS) is 10.8. The average molecular weight is 280 g/mol. The van der Waals surface area contributed by atoms with Crippen LogP contribution in [0.3, 0.4) is 0 Å². The third-order valence-corrected chi connectivity index (χ3v) is 3.16. The van der Waals surface area contributed by atoms with Crippen LogP contribution in [0.4, 0.5) is 0 Å². The number of carbonyl (C=O) groups is 1. The van der Waals surface area contributed by atoms with E-state index in [4.69, 9.17) is 9.84 Å². The number of hydrogen-bond acceptors (Lipinski definition) is 4. The molecule has 0 spiro atoms. The minimum absolute atomic E-state index is 0.237. The van der Waals surface area contributed by atoms with E-state index in [1.165, 1.54) is 6.07 Å². The molecule has 0 amide bonds. The number of pyridine rings is 1. The highest BCUT2D eigenvalue weighted by Crippen LogP contribution is 2.14. The molecule has 1 heterocycles. The van der Waals surface area contributed by atoms with Crippen LogP contribution in [-0.4, -0.2) is 47.2 Å². The number of ether oxygens (including phenoxy) is 1. The van der Waals surface area contributed by atoms with Crippen molar-refractivity contribution in [3.8, 4) is 5.88 Å². The van der Waals surface area contributed by atoms with Gasteiger partial charge in [-0.3, -0.25) is 0 Å². The number of carboxylic acids is 1. The number of rotatable bonds is 9. The van der Waals surface area contributed by atoms with E-state index in [1.54, 1.807) is 6.07 Å². The fourth-order valence-electron chi connectivity index (χ4n) is 1.96. The van der Waals surface area contributed by atoms with Gasteiger partial charge in [-0.1, -0.05) is 27.2 Å². The first kappa shape index (κ1) is 16.4. The molecule has 0 saturated heterocycles. The largest absolute Gasteiger partial charge is 0.478 e. The summed E-state index contributed by atoms with van der Waals surface area (Å²) in [4.78, 5) is 17.7. The SMILES string of the molecule is CCCc1cc(C(=O)O)cc(OCCN(CC)CC)n1. The van der Waals surface area contributed by atoms with Gasteiger partial charge in [-0.2, -0.15) is 0 Å². The zero-order chi connectivity index (χ0) is 15.0. The van der Waals surface area contributed by atoms with Gasteiger partial charge in [0.15, 0.2) is 0 Å². The summed E-state index contributed by atoms with van der Waals surface area (Å²) in [5.41, 5.74) is 1.01. The summed E-state index contributed by atoms with van der Waals surface area (Å²) in [7, 11) is 0.